The Kier molecular flexibility index (Phi) is 5.48. The van der Waals surface area contributed by atoms with Gasteiger partial charge in [-0.3, -0.25) is 9.59 Å². The van der Waals surface area contributed by atoms with Crippen LogP contribution in [0.1, 0.15) is 24.1 Å². The number of carbonyl (C=O) groups excluding carboxylic acids is 1. The molecule has 8 heteroatoms. The van der Waals surface area contributed by atoms with Crippen molar-refractivity contribution in [2.24, 2.45) is 0 Å². The largest absolute Gasteiger partial charge is 0.324 e. The molecule has 1 aliphatic carbocycles. The Bertz CT molecular complexity index is 839. The Balaban J connectivity index is 1.65. The Morgan fingerprint density at radius 2 is 2.08 bits per heavy atom. The summed E-state index contributed by atoms with van der Waals surface area (Å²) in [6.45, 7) is 0. The van der Waals surface area contributed by atoms with Gasteiger partial charge in [-0.05, 0) is 37.8 Å². The number of benzene rings is 1. The van der Waals surface area contributed by atoms with Gasteiger partial charge in [-0.2, -0.15) is 0 Å². The molecule has 0 spiro atoms. The topological polar surface area (TPSA) is 74.8 Å². The molecule has 1 heterocycles. The molecule has 0 saturated heterocycles. The van der Waals surface area contributed by atoms with Gasteiger partial charge in [-0.15, -0.1) is 0 Å². The fraction of sp³-hybridized carbons (Fsp3) is 0.312. The molecule has 24 heavy (non-hydrogen) atoms. The lowest BCUT2D eigenvalue weighted by Gasteiger charge is -2.14. The van der Waals surface area contributed by atoms with E-state index in [9.17, 15) is 9.59 Å². The number of amides is 1. The van der Waals surface area contributed by atoms with Crippen LogP contribution >= 0.6 is 35.0 Å². The Morgan fingerprint density at radius 1 is 1.29 bits per heavy atom. The van der Waals surface area contributed by atoms with Gasteiger partial charge < -0.3 is 10.3 Å². The van der Waals surface area contributed by atoms with Crippen molar-refractivity contribution >= 4 is 46.6 Å². The van der Waals surface area contributed by atoms with Crippen LogP contribution in [0, 0.1) is 0 Å². The summed E-state index contributed by atoms with van der Waals surface area (Å²) >= 11 is 13.1. The lowest BCUT2D eigenvalue weighted by molar-refractivity contribution is -0.113. The molecule has 0 radical (unpaired) electrons. The van der Waals surface area contributed by atoms with Crippen LogP contribution < -0.4 is 10.9 Å². The molecule has 0 aliphatic heterocycles. The van der Waals surface area contributed by atoms with Crippen molar-refractivity contribution < 1.29 is 4.79 Å². The number of rotatable bonds is 4. The van der Waals surface area contributed by atoms with Gasteiger partial charge in [-0.25, -0.2) is 4.98 Å². The van der Waals surface area contributed by atoms with Crippen LogP contribution in [-0.4, -0.2) is 21.6 Å². The molecule has 0 atom stereocenters. The summed E-state index contributed by atoms with van der Waals surface area (Å²) in [7, 11) is 0. The second-order valence-electron chi connectivity index (χ2n) is 5.44. The van der Waals surface area contributed by atoms with Gasteiger partial charge in [0.25, 0.3) is 5.56 Å². The first-order chi connectivity index (χ1) is 11.5. The second-order valence-corrected chi connectivity index (χ2v) is 7.19. The maximum Gasteiger partial charge on any atom is 0.254 e. The molecule has 5 nitrogen and oxygen atoms in total. The molecule has 3 rings (SSSR count). The molecule has 1 amide bonds. The van der Waals surface area contributed by atoms with E-state index < -0.39 is 0 Å². The zero-order chi connectivity index (χ0) is 17.1. The molecule has 0 fully saturated rings. The highest BCUT2D eigenvalue weighted by molar-refractivity contribution is 7.99. The smallest absolute Gasteiger partial charge is 0.254 e. The lowest BCUT2D eigenvalue weighted by Crippen LogP contribution is -2.22. The first-order valence-electron chi connectivity index (χ1n) is 7.53. The van der Waals surface area contributed by atoms with E-state index in [-0.39, 0.29) is 17.2 Å². The van der Waals surface area contributed by atoms with Crippen LogP contribution in [0.3, 0.4) is 0 Å². The van der Waals surface area contributed by atoms with Crippen LogP contribution in [-0.2, 0) is 17.6 Å². The number of nitrogens with zero attached hydrogens (tertiary/aromatic N) is 1. The minimum Gasteiger partial charge on any atom is -0.324 e. The SMILES string of the molecule is O=C(CSc1nc2c(c(=O)[nH]1)CCCC2)Nc1cccc(Cl)c1Cl. The van der Waals surface area contributed by atoms with Crippen molar-refractivity contribution in [2.45, 2.75) is 30.8 Å². The summed E-state index contributed by atoms with van der Waals surface area (Å²) in [5, 5.41) is 3.85. The normalized spacial score (nSPS) is 13.4. The maximum absolute atomic E-state index is 12.1. The van der Waals surface area contributed by atoms with E-state index in [1.165, 1.54) is 11.8 Å². The molecule has 0 bridgehead atoms. The molecule has 2 N–H and O–H groups in total. The van der Waals surface area contributed by atoms with E-state index in [1.54, 1.807) is 18.2 Å². The van der Waals surface area contributed by atoms with E-state index >= 15 is 0 Å². The van der Waals surface area contributed by atoms with E-state index in [4.69, 9.17) is 23.2 Å². The minimum absolute atomic E-state index is 0.0968. The highest BCUT2D eigenvalue weighted by atomic mass is 35.5. The third-order valence-electron chi connectivity index (χ3n) is 3.74. The fourth-order valence-corrected chi connectivity index (χ4v) is 3.60. The maximum atomic E-state index is 12.1. The predicted octanol–water partition coefficient (Wildman–Crippen LogP) is 3.69. The number of carbonyl (C=O) groups is 1. The summed E-state index contributed by atoms with van der Waals surface area (Å²) in [4.78, 5) is 31.3. The highest BCUT2D eigenvalue weighted by Gasteiger charge is 2.16. The summed E-state index contributed by atoms with van der Waals surface area (Å²) in [6.07, 6.45) is 3.65. The van der Waals surface area contributed by atoms with Gasteiger partial charge in [-0.1, -0.05) is 41.0 Å². The number of nitrogens with one attached hydrogen (secondary N) is 2. The Hall–Kier alpha value is -1.50. The van der Waals surface area contributed by atoms with Gasteiger partial charge in [0, 0.05) is 5.56 Å². The molecule has 126 valence electrons. The number of anilines is 1. The lowest BCUT2D eigenvalue weighted by atomic mass is 9.97. The molecular weight excluding hydrogens is 369 g/mol. The average Bonchev–Trinajstić information content (AvgIpc) is 2.57. The molecule has 1 aromatic carbocycles. The van der Waals surface area contributed by atoms with Crippen molar-refractivity contribution in [2.75, 3.05) is 11.1 Å². The number of aromatic nitrogens is 2. The standard InChI is InChI=1S/C16H15Cl2N3O2S/c17-10-5-3-7-12(14(10)18)19-13(22)8-24-16-20-11-6-2-1-4-9(11)15(23)21-16/h3,5,7H,1-2,4,6,8H2,(H,19,22)(H,20,21,23). The third kappa shape index (κ3) is 3.94. The molecule has 0 unspecified atom stereocenters. The monoisotopic (exact) mass is 383 g/mol. The van der Waals surface area contributed by atoms with Crippen LogP contribution in [0.2, 0.25) is 10.0 Å². The van der Waals surface area contributed by atoms with Crippen molar-refractivity contribution in [1.82, 2.24) is 9.97 Å². The van der Waals surface area contributed by atoms with Crippen molar-refractivity contribution in [3.05, 3.63) is 49.9 Å². The van der Waals surface area contributed by atoms with Gasteiger partial charge in [0.1, 0.15) is 0 Å². The highest BCUT2D eigenvalue weighted by Crippen LogP contribution is 2.29. The van der Waals surface area contributed by atoms with E-state index in [0.717, 1.165) is 36.9 Å². The van der Waals surface area contributed by atoms with Gasteiger partial charge >= 0.3 is 0 Å². The number of H-pyrrole nitrogens is 1. The van der Waals surface area contributed by atoms with Crippen LogP contribution in [0.5, 0.6) is 0 Å². The number of halogens is 2. The predicted molar refractivity (Wildman–Crippen MR) is 97.3 cm³/mol. The third-order valence-corrected chi connectivity index (χ3v) is 5.43. The Morgan fingerprint density at radius 3 is 2.92 bits per heavy atom. The summed E-state index contributed by atoms with van der Waals surface area (Å²) in [5.74, 6) is -0.130. The van der Waals surface area contributed by atoms with Crippen LogP contribution in [0.15, 0.2) is 28.2 Å². The second kappa shape index (κ2) is 7.59. The molecule has 1 aliphatic rings. The number of thioether (sulfide) groups is 1. The van der Waals surface area contributed by atoms with Gasteiger partial charge in [0.15, 0.2) is 5.16 Å². The quantitative estimate of drug-likeness (QED) is 0.623. The summed E-state index contributed by atoms with van der Waals surface area (Å²) in [5.41, 5.74) is 1.99. The van der Waals surface area contributed by atoms with E-state index in [0.29, 0.717) is 20.9 Å². The first kappa shape index (κ1) is 17.3. The van der Waals surface area contributed by atoms with Gasteiger partial charge in [0.2, 0.25) is 5.91 Å². The van der Waals surface area contributed by atoms with Crippen molar-refractivity contribution in [3.63, 3.8) is 0 Å². The van der Waals surface area contributed by atoms with Crippen LogP contribution in [0.4, 0.5) is 5.69 Å². The zero-order valence-corrected chi connectivity index (χ0v) is 15.0. The average molecular weight is 384 g/mol. The minimum atomic E-state index is -0.246. The fourth-order valence-electron chi connectivity index (χ4n) is 2.57. The number of aryl methyl sites for hydroxylation is 1. The molecule has 2 aromatic rings. The van der Waals surface area contributed by atoms with Crippen LogP contribution in [0.25, 0.3) is 0 Å². The molecule has 1 aromatic heterocycles. The molecule has 0 saturated carbocycles. The number of hydrogen-bond donors (Lipinski definition) is 2. The summed E-state index contributed by atoms with van der Waals surface area (Å²) in [6, 6.07) is 5.03. The van der Waals surface area contributed by atoms with E-state index in [1.807, 2.05) is 0 Å². The number of fused-ring (bicyclic) bond motifs is 1. The first-order valence-corrected chi connectivity index (χ1v) is 9.27. The van der Waals surface area contributed by atoms with Gasteiger partial charge in [0.05, 0.1) is 27.2 Å². The zero-order valence-electron chi connectivity index (χ0n) is 12.7. The number of aromatic amines is 1. The van der Waals surface area contributed by atoms with Crippen molar-refractivity contribution in [3.8, 4) is 0 Å². The van der Waals surface area contributed by atoms with E-state index in [2.05, 4.69) is 15.3 Å². The summed E-state index contributed by atoms with van der Waals surface area (Å²) < 4.78 is 0. The van der Waals surface area contributed by atoms with Crippen molar-refractivity contribution in [1.29, 1.82) is 0 Å². The Labute approximate surface area is 153 Å². The molecular formula is C16H15Cl2N3O2S. The number of hydrogen-bond acceptors (Lipinski definition) is 4.